The fourth-order valence-corrected chi connectivity index (χ4v) is 1.90. The summed E-state index contributed by atoms with van der Waals surface area (Å²) in [4.78, 5) is 16.1. The van der Waals surface area contributed by atoms with E-state index in [-0.39, 0.29) is 5.91 Å². The van der Waals surface area contributed by atoms with Crippen LogP contribution in [0.15, 0.2) is 59.8 Å². The number of carbonyl (C=O) groups is 1. The van der Waals surface area contributed by atoms with Gasteiger partial charge in [0.15, 0.2) is 0 Å². The predicted octanol–water partition coefficient (Wildman–Crippen LogP) is 3.00. The lowest BCUT2D eigenvalue weighted by Gasteiger charge is -2.08. The summed E-state index contributed by atoms with van der Waals surface area (Å²) >= 11 is 0. The van der Waals surface area contributed by atoms with Crippen LogP contribution in [0.4, 0.5) is 0 Å². The van der Waals surface area contributed by atoms with Gasteiger partial charge < -0.3 is 0 Å². The molecule has 0 spiro atoms. The highest BCUT2D eigenvalue weighted by molar-refractivity contribution is 6.11. The number of nitrogens with one attached hydrogen (secondary N) is 1. The molecule has 0 saturated carbocycles. The number of amides is 1. The number of rotatable bonds is 5. The van der Waals surface area contributed by atoms with Gasteiger partial charge in [0.25, 0.3) is 0 Å². The zero-order valence-corrected chi connectivity index (χ0v) is 12.3. The Morgan fingerprint density at radius 2 is 1.86 bits per heavy atom. The SMILES string of the molecule is CC(C)CC(=O)N/N=C(/c1ccccc1)c1ccccn1. The van der Waals surface area contributed by atoms with Crippen molar-refractivity contribution in [2.45, 2.75) is 20.3 Å². The van der Waals surface area contributed by atoms with Crippen LogP contribution in [0.1, 0.15) is 31.5 Å². The highest BCUT2D eigenvalue weighted by Gasteiger charge is 2.09. The molecule has 0 atom stereocenters. The van der Waals surface area contributed by atoms with E-state index in [1.54, 1.807) is 6.20 Å². The standard InChI is InChI=1S/C17H19N3O/c1-13(2)12-16(21)19-20-17(14-8-4-3-5-9-14)15-10-6-7-11-18-15/h3-11,13H,12H2,1-2H3,(H,19,21)/b20-17-. The van der Waals surface area contributed by atoms with E-state index in [4.69, 9.17) is 0 Å². The number of benzene rings is 1. The quantitative estimate of drug-likeness (QED) is 0.676. The van der Waals surface area contributed by atoms with Crippen molar-refractivity contribution in [3.8, 4) is 0 Å². The van der Waals surface area contributed by atoms with Crippen LogP contribution in [0.2, 0.25) is 0 Å². The van der Waals surface area contributed by atoms with Crippen molar-refractivity contribution in [2.75, 3.05) is 0 Å². The summed E-state index contributed by atoms with van der Waals surface area (Å²) in [7, 11) is 0. The van der Waals surface area contributed by atoms with Gasteiger partial charge in [0.05, 0.1) is 5.69 Å². The second kappa shape index (κ2) is 7.33. The maximum atomic E-state index is 11.8. The van der Waals surface area contributed by atoms with Gasteiger partial charge in [-0.25, -0.2) is 5.43 Å². The molecule has 0 bridgehead atoms. The third-order valence-electron chi connectivity index (χ3n) is 2.84. The Hall–Kier alpha value is -2.49. The molecule has 0 unspecified atom stereocenters. The Balaban J connectivity index is 2.27. The second-order valence-electron chi connectivity index (χ2n) is 5.17. The smallest absolute Gasteiger partial charge is 0.240 e. The van der Waals surface area contributed by atoms with Gasteiger partial charge in [0.2, 0.25) is 5.91 Å². The van der Waals surface area contributed by atoms with Crippen LogP contribution in [-0.2, 0) is 4.79 Å². The molecule has 0 saturated heterocycles. The summed E-state index contributed by atoms with van der Waals surface area (Å²) in [5.41, 5.74) is 4.93. The molecule has 21 heavy (non-hydrogen) atoms. The van der Waals surface area contributed by atoms with Crippen molar-refractivity contribution < 1.29 is 4.79 Å². The van der Waals surface area contributed by atoms with E-state index in [0.29, 0.717) is 18.1 Å². The van der Waals surface area contributed by atoms with Crippen molar-refractivity contribution in [2.24, 2.45) is 11.0 Å². The van der Waals surface area contributed by atoms with Crippen LogP contribution in [0, 0.1) is 5.92 Å². The number of pyridine rings is 1. The van der Waals surface area contributed by atoms with Crippen molar-refractivity contribution in [3.63, 3.8) is 0 Å². The third-order valence-corrected chi connectivity index (χ3v) is 2.84. The van der Waals surface area contributed by atoms with Crippen LogP contribution in [0.3, 0.4) is 0 Å². The summed E-state index contributed by atoms with van der Waals surface area (Å²) in [5, 5.41) is 4.27. The van der Waals surface area contributed by atoms with Gasteiger partial charge in [0.1, 0.15) is 5.71 Å². The van der Waals surface area contributed by atoms with Crippen LogP contribution in [0.5, 0.6) is 0 Å². The molecule has 2 aromatic rings. The van der Waals surface area contributed by atoms with Crippen molar-refractivity contribution in [3.05, 3.63) is 66.0 Å². The molecule has 0 radical (unpaired) electrons. The molecule has 2 rings (SSSR count). The Morgan fingerprint density at radius 3 is 2.48 bits per heavy atom. The van der Waals surface area contributed by atoms with Crippen LogP contribution < -0.4 is 5.43 Å². The molecular weight excluding hydrogens is 262 g/mol. The van der Waals surface area contributed by atoms with Crippen molar-refractivity contribution >= 4 is 11.6 Å². The average molecular weight is 281 g/mol. The number of aromatic nitrogens is 1. The van der Waals surface area contributed by atoms with E-state index < -0.39 is 0 Å². The molecule has 108 valence electrons. The minimum absolute atomic E-state index is 0.0886. The zero-order valence-electron chi connectivity index (χ0n) is 12.3. The first-order chi connectivity index (χ1) is 10.2. The lowest BCUT2D eigenvalue weighted by molar-refractivity contribution is -0.121. The zero-order chi connectivity index (χ0) is 15.1. The van der Waals surface area contributed by atoms with Gasteiger partial charge in [-0.15, -0.1) is 0 Å². The minimum atomic E-state index is -0.0886. The van der Waals surface area contributed by atoms with Gasteiger partial charge in [-0.3, -0.25) is 9.78 Å². The van der Waals surface area contributed by atoms with E-state index in [0.717, 1.165) is 11.3 Å². The Morgan fingerprint density at radius 1 is 1.14 bits per heavy atom. The Kier molecular flexibility index (Phi) is 5.21. The number of nitrogens with zero attached hydrogens (tertiary/aromatic N) is 2. The van der Waals surface area contributed by atoms with E-state index >= 15 is 0 Å². The first-order valence-corrected chi connectivity index (χ1v) is 7.00. The predicted molar refractivity (Wildman–Crippen MR) is 83.9 cm³/mol. The molecule has 1 amide bonds. The molecule has 1 aromatic heterocycles. The monoisotopic (exact) mass is 281 g/mol. The number of carbonyl (C=O) groups excluding carboxylic acids is 1. The molecule has 1 heterocycles. The Labute approximate surface area is 124 Å². The number of hydrazone groups is 1. The van der Waals surface area contributed by atoms with E-state index in [1.807, 2.05) is 62.4 Å². The van der Waals surface area contributed by atoms with Gasteiger partial charge >= 0.3 is 0 Å². The van der Waals surface area contributed by atoms with Gasteiger partial charge in [-0.2, -0.15) is 5.10 Å². The largest absolute Gasteiger partial charge is 0.273 e. The highest BCUT2D eigenvalue weighted by atomic mass is 16.2. The summed E-state index contributed by atoms with van der Waals surface area (Å²) < 4.78 is 0. The molecular formula is C17H19N3O. The fraction of sp³-hybridized carbons (Fsp3) is 0.235. The molecule has 4 heteroatoms. The summed E-state index contributed by atoms with van der Waals surface area (Å²) in [6.07, 6.45) is 2.16. The maximum Gasteiger partial charge on any atom is 0.240 e. The van der Waals surface area contributed by atoms with E-state index in [2.05, 4.69) is 15.5 Å². The lowest BCUT2D eigenvalue weighted by atomic mass is 10.1. The van der Waals surface area contributed by atoms with Gasteiger partial charge in [-0.1, -0.05) is 50.2 Å². The average Bonchev–Trinajstić information content (AvgIpc) is 2.49. The van der Waals surface area contributed by atoms with Gasteiger partial charge in [-0.05, 0) is 18.1 Å². The van der Waals surface area contributed by atoms with E-state index in [9.17, 15) is 4.79 Å². The molecule has 4 nitrogen and oxygen atoms in total. The first-order valence-electron chi connectivity index (χ1n) is 7.00. The van der Waals surface area contributed by atoms with Gasteiger partial charge in [0, 0.05) is 18.2 Å². The van der Waals surface area contributed by atoms with Crippen LogP contribution in [0.25, 0.3) is 0 Å². The van der Waals surface area contributed by atoms with Crippen LogP contribution >= 0.6 is 0 Å². The maximum absolute atomic E-state index is 11.8. The Bertz CT molecular complexity index is 565. The summed E-state index contributed by atoms with van der Waals surface area (Å²) in [6.45, 7) is 4.00. The summed E-state index contributed by atoms with van der Waals surface area (Å²) in [5.74, 6) is 0.213. The van der Waals surface area contributed by atoms with Crippen molar-refractivity contribution in [1.29, 1.82) is 0 Å². The fourth-order valence-electron chi connectivity index (χ4n) is 1.90. The molecule has 1 N–H and O–H groups in total. The highest BCUT2D eigenvalue weighted by Crippen LogP contribution is 2.08. The topological polar surface area (TPSA) is 54.4 Å². The lowest BCUT2D eigenvalue weighted by Crippen LogP contribution is -2.22. The number of hydrogen-bond donors (Lipinski definition) is 1. The normalized spacial score (nSPS) is 11.5. The van der Waals surface area contributed by atoms with E-state index in [1.165, 1.54) is 0 Å². The molecule has 0 aliphatic rings. The molecule has 0 fully saturated rings. The second-order valence-corrected chi connectivity index (χ2v) is 5.17. The molecule has 0 aliphatic carbocycles. The minimum Gasteiger partial charge on any atom is -0.273 e. The first kappa shape index (κ1) is 14.9. The van der Waals surface area contributed by atoms with Crippen LogP contribution in [-0.4, -0.2) is 16.6 Å². The molecule has 0 aliphatic heterocycles. The molecule has 1 aromatic carbocycles. The van der Waals surface area contributed by atoms with Crippen molar-refractivity contribution in [1.82, 2.24) is 10.4 Å². The third kappa shape index (κ3) is 4.53. The summed E-state index contributed by atoms with van der Waals surface area (Å²) in [6, 6.07) is 15.3. The number of hydrogen-bond acceptors (Lipinski definition) is 3.